The summed E-state index contributed by atoms with van der Waals surface area (Å²) in [6.07, 6.45) is 3.86. The van der Waals surface area contributed by atoms with Crippen LogP contribution >= 0.6 is 0 Å². The molecule has 0 saturated carbocycles. The summed E-state index contributed by atoms with van der Waals surface area (Å²) in [6, 6.07) is 6.96. The van der Waals surface area contributed by atoms with Gasteiger partial charge in [-0.15, -0.1) is 0 Å². The summed E-state index contributed by atoms with van der Waals surface area (Å²) < 4.78 is 0. The Labute approximate surface area is 96.9 Å². The highest BCUT2D eigenvalue weighted by Crippen LogP contribution is 2.24. The van der Waals surface area contributed by atoms with Gasteiger partial charge in [0.2, 0.25) is 0 Å². The number of likely N-dealkylation sites (tertiary alicyclic amines) is 1. The quantitative estimate of drug-likeness (QED) is 0.831. The predicted molar refractivity (Wildman–Crippen MR) is 64.3 cm³/mol. The Hall–Kier alpha value is -0.860. The maximum Gasteiger partial charge on any atom is 0.0483 e. The van der Waals surface area contributed by atoms with E-state index in [1.54, 1.807) is 11.1 Å². The number of aryl methyl sites for hydroxylation is 2. The zero-order valence-electron chi connectivity index (χ0n) is 9.65. The van der Waals surface area contributed by atoms with E-state index in [2.05, 4.69) is 23.1 Å². The van der Waals surface area contributed by atoms with Gasteiger partial charge in [-0.2, -0.15) is 0 Å². The summed E-state index contributed by atoms with van der Waals surface area (Å²) in [4.78, 5) is 2.41. The molecule has 0 amide bonds. The van der Waals surface area contributed by atoms with E-state index in [9.17, 15) is 0 Å². The molecule has 0 bridgehead atoms. The number of hydrogen-bond acceptors (Lipinski definition) is 2. The summed E-state index contributed by atoms with van der Waals surface area (Å²) in [5, 5.41) is 8.97. The molecule has 0 atom stereocenters. The number of aliphatic hydroxyl groups excluding tert-OH is 1. The molecule has 86 valence electrons. The minimum atomic E-state index is 0.348. The fourth-order valence-corrected chi connectivity index (χ4v) is 2.90. The molecular weight excluding hydrogens is 198 g/mol. The standard InChI is InChI=1S/C14H19NO/c16-10-12-8-15(9-12)7-11-4-5-13-2-1-3-14(13)6-11/h4-6,12,16H,1-3,7-10H2. The van der Waals surface area contributed by atoms with Gasteiger partial charge >= 0.3 is 0 Å². The highest BCUT2D eigenvalue weighted by molar-refractivity contribution is 5.35. The van der Waals surface area contributed by atoms with Crippen LogP contribution in [0.1, 0.15) is 23.1 Å². The van der Waals surface area contributed by atoms with Crippen LogP contribution in [0, 0.1) is 5.92 Å². The Bertz CT molecular complexity index is 382. The van der Waals surface area contributed by atoms with Crippen molar-refractivity contribution in [1.29, 1.82) is 0 Å². The van der Waals surface area contributed by atoms with Gasteiger partial charge in [0.1, 0.15) is 0 Å². The van der Waals surface area contributed by atoms with Crippen molar-refractivity contribution in [2.75, 3.05) is 19.7 Å². The second kappa shape index (κ2) is 4.19. The van der Waals surface area contributed by atoms with Crippen molar-refractivity contribution in [3.8, 4) is 0 Å². The molecule has 1 aliphatic carbocycles. The van der Waals surface area contributed by atoms with Gasteiger partial charge in [0, 0.05) is 32.2 Å². The Balaban J connectivity index is 1.63. The average Bonchev–Trinajstić information content (AvgIpc) is 2.69. The monoisotopic (exact) mass is 217 g/mol. The minimum Gasteiger partial charge on any atom is -0.396 e. The van der Waals surface area contributed by atoms with Crippen molar-refractivity contribution in [2.24, 2.45) is 5.92 Å². The molecule has 1 aliphatic heterocycles. The molecule has 1 N–H and O–H groups in total. The van der Waals surface area contributed by atoms with Crippen LogP contribution in [0.3, 0.4) is 0 Å². The molecule has 0 aromatic heterocycles. The summed E-state index contributed by atoms with van der Waals surface area (Å²) >= 11 is 0. The van der Waals surface area contributed by atoms with Crippen molar-refractivity contribution < 1.29 is 5.11 Å². The van der Waals surface area contributed by atoms with Gasteiger partial charge in [-0.05, 0) is 36.0 Å². The fraction of sp³-hybridized carbons (Fsp3) is 0.571. The van der Waals surface area contributed by atoms with Crippen LogP contribution < -0.4 is 0 Å². The van der Waals surface area contributed by atoms with Crippen LogP contribution in [0.4, 0.5) is 0 Å². The molecule has 2 heteroatoms. The van der Waals surface area contributed by atoms with E-state index in [4.69, 9.17) is 5.11 Å². The molecule has 2 aliphatic rings. The second-order valence-corrected chi connectivity index (χ2v) is 5.20. The largest absolute Gasteiger partial charge is 0.396 e. The number of nitrogens with zero attached hydrogens (tertiary/aromatic N) is 1. The van der Waals surface area contributed by atoms with Crippen molar-refractivity contribution in [3.05, 3.63) is 34.9 Å². The number of hydrogen-bond donors (Lipinski definition) is 1. The summed E-state index contributed by atoms with van der Waals surface area (Å²) in [5.41, 5.74) is 4.56. The third kappa shape index (κ3) is 1.87. The van der Waals surface area contributed by atoms with Gasteiger partial charge in [0.15, 0.2) is 0 Å². The molecule has 16 heavy (non-hydrogen) atoms. The Morgan fingerprint density at radius 2 is 2.00 bits per heavy atom. The average molecular weight is 217 g/mol. The Morgan fingerprint density at radius 1 is 1.19 bits per heavy atom. The number of fused-ring (bicyclic) bond motifs is 1. The van der Waals surface area contributed by atoms with Crippen molar-refractivity contribution in [2.45, 2.75) is 25.8 Å². The smallest absolute Gasteiger partial charge is 0.0483 e. The first kappa shape index (κ1) is 10.3. The molecule has 0 unspecified atom stereocenters. The first-order valence-electron chi connectivity index (χ1n) is 6.29. The van der Waals surface area contributed by atoms with Crippen LogP contribution in [0.15, 0.2) is 18.2 Å². The van der Waals surface area contributed by atoms with Crippen molar-refractivity contribution in [1.82, 2.24) is 4.90 Å². The molecule has 0 spiro atoms. The number of benzene rings is 1. The van der Waals surface area contributed by atoms with E-state index in [0.29, 0.717) is 12.5 Å². The van der Waals surface area contributed by atoms with Gasteiger partial charge in [-0.1, -0.05) is 18.2 Å². The van der Waals surface area contributed by atoms with Crippen LogP contribution in [-0.4, -0.2) is 29.7 Å². The van der Waals surface area contributed by atoms with E-state index < -0.39 is 0 Å². The van der Waals surface area contributed by atoms with Crippen molar-refractivity contribution in [3.63, 3.8) is 0 Å². The predicted octanol–water partition coefficient (Wildman–Crippen LogP) is 1.60. The van der Waals surface area contributed by atoms with Crippen molar-refractivity contribution >= 4 is 0 Å². The van der Waals surface area contributed by atoms with E-state index in [-0.39, 0.29) is 0 Å². The second-order valence-electron chi connectivity index (χ2n) is 5.20. The zero-order valence-corrected chi connectivity index (χ0v) is 9.65. The molecule has 0 radical (unpaired) electrons. The molecular formula is C14H19NO. The summed E-state index contributed by atoms with van der Waals surface area (Å²) in [5.74, 6) is 0.523. The molecule has 1 fully saturated rings. The lowest BCUT2D eigenvalue weighted by atomic mass is 9.99. The molecule has 1 aromatic carbocycles. The molecule has 3 rings (SSSR count). The lowest BCUT2D eigenvalue weighted by molar-refractivity contribution is 0.0479. The summed E-state index contributed by atoms with van der Waals surface area (Å²) in [7, 11) is 0. The molecule has 1 aromatic rings. The third-order valence-electron chi connectivity index (χ3n) is 3.86. The number of rotatable bonds is 3. The zero-order chi connectivity index (χ0) is 11.0. The van der Waals surface area contributed by atoms with Gasteiger partial charge in [-0.25, -0.2) is 0 Å². The van der Waals surface area contributed by atoms with Crippen LogP contribution in [0.25, 0.3) is 0 Å². The third-order valence-corrected chi connectivity index (χ3v) is 3.86. The number of aliphatic hydroxyl groups is 1. The van der Waals surface area contributed by atoms with Crippen LogP contribution in [0.2, 0.25) is 0 Å². The summed E-state index contributed by atoms with van der Waals surface area (Å²) in [6.45, 7) is 3.53. The maximum atomic E-state index is 8.97. The highest BCUT2D eigenvalue weighted by atomic mass is 16.3. The van der Waals surface area contributed by atoms with E-state index in [1.165, 1.54) is 24.8 Å². The van der Waals surface area contributed by atoms with E-state index >= 15 is 0 Å². The molecule has 2 nitrogen and oxygen atoms in total. The lowest BCUT2D eigenvalue weighted by Crippen LogP contribution is -2.47. The van der Waals surface area contributed by atoms with Gasteiger partial charge in [0.25, 0.3) is 0 Å². The maximum absolute atomic E-state index is 8.97. The van der Waals surface area contributed by atoms with Gasteiger partial charge in [0.05, 0.1) is 0 Å². The van der Waals surface area contributed by atoms with Crippen LogP contribution in [-0.2, 0) is 19.4 Å². The molecule has 1 heterocycles. The van der Waals surface area contributed by atoms with E-state index in [0.717, 1.165) is 19.6 Å². The van der Waals surface area contributed by atoms with Gasteiger partial charge in [-0.3, -0.25) is 4.90 Å². The van der Waals surface area contributed by atoms with E-state index in [1.807, 2.05) is 0 Å². The lowest BCUT2D eigenvalue weighted by Gasteiger charge is -2.38. The Kier molecular flexibility index (Phi) is 2.70. The minimum absolute atomic E-state index is 0.348. The molecule has 1 saturated heterocycles. The highest BCUT2D eigenvalue weighted by Gasteiger charge is 2.25. The Morgan fingerprint density at radius 3 is 2.81 bits per heavy atom. The normalized spacial score (nSPS) is 20.8. The first-order valence-corrected chi connectivity index (χ1v) is 6.29. The fourth-order valence-electron chi connectivity index (χ4n) is 2.90. The first-order chi connectivity index (χ1) is 7.85. The topological polar surface area (TPSA) is 23.5 Å². The SMILES string of the molecule is OCC1CN(Cc2ccc3c(c2)CCC3)C1. The van der Waals surface area contributed by atoms with Gasteiger partial charge < -0.3 is 5.11 Å². The van der Waals surface area contributed by atoms with Crippen LogP contribution in [0.5, 0.6) is 0 Å².